The van der Waals surface area contributed by atoms with Gasteiger partial charge in [-0.3, -0.25) is 9.59 Å². The van der Waals surface area contributed by atoms with Crippen molar-refractivity contribution in [3.05, 3.63) is 83.3 Å². The van der Waals surface area contributed by atoms with Crippen molar-refractivity contribution in [1.29, 1.82) is 0 Å². The topological polar surface area (TPSA) is 65.1 Å². The highest BCUT2D eigenvalue weighted by molar-refractivity contribution is 8.04. The number of benzene rings is 3. The number of ether oxygens (including phenoxy) is 3. The number of methoxy groups -OCH3 is 3. The normalized spacial score (nSPS) is 13.5. The number of thioether (sulfide) groups is 1. The summed E-state index contributed by atoms with van der Waals surface area (Å²) >= 11 is 1.26. The van der Waals surface area contributed by atoms with Crippen LogP contribution >= 0.6 is 11.8 Å². The highest BCUT2D eigenvalue weighted by Crippen LogP contribution is 2.44. The van der Waals surface area contributed by atoms with Gasteiger partial charge in [-0.2, -0.15) is 0 Å². The van der Waals surface area contributed by atoms with Crippen LogP contribution in [0.3, 0.4) is 0 Å². The van der Waals surface area contributed by atoms with E-state index in [4.69, 9.17) is 14.2 Å². The summed E-state index contributed by atoms with van der Waals surface area (Å²) in [5.74, 6) is 0.611. The number of carbonyl (C=O) groups excluding carboxylic acids is 2. The lowest BCUT2D eigenvalue weighted by molar-refractivity contribution is -0.119. The van der Waals surface area contributed by atoms with Gasteiger partial charge in [0.1, 0.15) is 5.75 Å². The number of hydrogen-bond acceptors (Lipinski definition) is 6. The summed E-state index contributed by atoms with van der Waals surface area (Å²) in [5.41, 5.74) is 1.26. The van der Waals surface area contributed by atoms with Crippen molar-refractivity contribution in [3.8, 4) is 17.2 Å². The standard InChI is InChI=1S/C25H21NO5S/c1-29-19-12-8-7-11-18(19)26-24(27)22(16-13-14-20(30-2)21(15-16)31-3)23(25(26)28)32-17-9-5-4-6-10-17/h4-15H,1-3H3. The molecular formula is C25H21NO5S. The smallest absolute Gasteiger partial charge is 0.273 e. The predicted molar refractivity (Wildman–Crippen MR) is 124 cm³/mol. The van der Waals surface area contributed by atoms with Crippen LogP contribution in [0, 0.1) is 0 Å². The zero-order valence-electron chi connectivity index (χ0n) is 17.8. The molecule has 0 saturated heterocycles. The Morgan fingerprint density at radius 2 is 1.34 bits per heavy atom. The Bertz CT molecular complexity index is 1210. The fourth-order valence-corrected chi connectivity index (χ4v) is 4.51. The summed E-state index contributed by atoms with van der Waals surface area (Å²) in [6, 6.07) is 21.6. The summed E-state index contributed by atoms with van der Waals surface area (Å²) in [6.07, 6.45) is 0. The highest BCUT2D eigenvalue weighted by Gasteiger charge is 2.41. The zero-order chi connectivity index (χ0) is 22.7. The summed E-state index contributed by atoms with van der Waals surface area (Å²) < 4.78 is 16.1. The number of amides is 2. The van der Waals surface area contributed by atoms with Crippen LogP contribution in [-0.2, 0) is 9.59 Å². The van der Waals surface area contributed by atoms with Crippen molar-refractivity contribution in [2.75, 3.05) is 26.2 Å². The largest absolute Gasteiger partial charge is 0.495 e. The van der Waals surface area contributed by atoms with Crippen LogP contribution in [0.4, 0.5) is 5.69 Å². The molecule has 0 aliphatic carbocycles. The number of para-hydroxylation sites is 2. The molecular weight excluding hydrogens is 426 g/mol. The molecule has 162 valence electrons. The molecule has 0 N–H and O–H groups in total. The van der Waals surface area contributed by atoms with Gasteiger partial charge in [0, 0.05) is 4.90 Å². The molecule has 3 aromatic carbocycles. The van der Waals surface area contributed by atoms with E-state index in [9.17, 15) is 9.59 Å². The quantitative estimate of drug-likeness (QED) is 0.485. The average Bonchev–Trinajstić information content (AvgIpc) is 3.08. The van der Waals surface area contributed by atoms with E-state index in [-0.39, 0.29) is 0 Å². The Balaban J connectivity index is 1.87. The molecule has 0 bridgehead atoms. The van der Waals surface area contributed by atoms with Gasteiger partial charge < -0.3 is 14.2 Å². The van der Waals surface area contributed by atoms with Gasteiger partial charge in [-0.15, -0.1) is 0 Å². The second-order valence-electron chi connectivity index (χ2n) is 6.81. The van der Waals surface area contributed by atoms with Crippen LogP contribution in [0.2, 0.25) is 0 Å². The minimum Gasteiger partial charge on any atom is -0.495 e. The second kappa shape index (κ2) is 9.20. The van der Waals surface area contributed by atoms with Crippen LogP contribution in [0.25, 0.3) is 5.57 Å². The van der Waals surface area contributed by atoms with Crippen molar-refractivity contribution in [3.63, 3.8) is 0 Å². The Hall–Kier alpha value is -3.71. The predicted octanol–water partition coefficient (Wildman–Crippen LogP) is 4.79. The average molecular weight is 448 g/mol. The molecule has 4 rings (SSSR count). The maximum atomic E-state index is 13.6. The van der Waals surface area contributed by atoms with Gasteiger partial charge in [0.2, 0.25) is 0 Å². The lowest BCUT2D eigenvalue weighted by Crippen LogP contribution is -2.31. The monoisotopic (exact) mass is 447 g/mol. The van der Waals surface area contributed by atoms with Crippen LogP contribution in [0.5, 0.6) is 17.2 Å². The fraction of sp³-hybridized carbons (Fsp3) is 0.120. The van der Waals surface area contributed by atoms with Gasteiger partial charge in [-0.1, -0.05) is 48.2 Å². The third kappa shape index (κ3) is 3.83. The molecule has 6 nitrogen and oxygen atoms in total. The summed E-state index contributed by atoms with van der Waals surface area (Å²) in [5, 5.41) is 0. The number of carbonyl (C=O) groups is 2. The van der Waals surface area contributed by atoms with Gasteiger partial charge in [0.25, 0.3) is 11.8 Å². The SMILES string of the molecule is COc1ccc(C2=C(Sc3ccccc3)C(=O)N(c3ccccc3OC)C2=O)cc1OC. The van der Waals surface area contributed by atoms with Gasteiger partial charge in [0.05, 0.1) is 37.5 Å². The second-order valence-corrected chi connectivity index (χ2v) is 7.89. The van der Waals surface area contributed by atoms with Crippen molar-refractivity contribution in [2.24, 2.45) is 0 Å². The van der Waals surface area contributed by atoms with E-state index < -0.39 is 11.8 Å². The number of nitrogens with zero attached hydrogens (tertiary/aromatic N) is 1. The van der Waals surface area contributed by atoms with Crippen LogP contribution < -0.4 is 19.1 Å². The third-order valence-electron chi connectivity index (χ3n) is 5.00. The summed E-state index contributed by atoms with van der Waals surface area (Å²) in [4.78, 5) is 29.6. The molecule has 1 aliphatic rings. The van der Waals surface area contributed by atoms with E-state index in [0.29, 0.717) is 39.0 Å². The molecule has 1 aliphatic heterocycles. The van der Waals surface area contributed by atoms with Gasteiger partial charge in [0.15, 0.2) is 11.5 Å². The van der Waals surface area contributed by atoms with Crippen LogP contribution in [-0.4, -0.2) is 33.1 Å². The van der Waals surface area contributed by atoms with E-state index in [1.807, 2.05) is 30.3 Å². The Labute approximate surface area is 190 Å². The molecule has 1 heterocycles. The third-order valence-corrected chi connectivity index (χ3v) is 6.09. The van der Waals surface area contributed by atoms with Crippen LogP contribution in [0.1, 0.15) is 5.56 Å². The van der Waals surface area contributed by atoms with Gasteiger partial charge in [-0.05, 0) is 42.0 Å². The summed E-state index contributed by atoms with van der Waals surface area (Å²) in [7, 11) is 4.58. The molecule has 2 amide bonds. The van der Waals surface area contributed by atoms with E-state index in [1.165, 1.54) is 26.0 Å². The van der Waals surface area contributed by atoms with Crippen LogP contribution in [0.15, 0.2) is 82.6 Å². The maximum Gasteiger partial charge on any atom is 0.273 e. The van der Waals surface area contributed by atoms with Gasteiger partial charge >= 0.3 is 0 Å². The lowest BCUT2D eigenvalue weighted by atomic mass is 10.1. The molecule has 32 heavy (non-hydrogen) atoms. The zero-order valence-corrected chi connectivity index (χ0v) is 18.6. The first kappa shape index (κ1) is 21.5. The molecule has 0 unspecified atom stereocenters. The Morgan fingerprint density at radius 1 is 0.688 bits per heavy atom. The first-order valence-corrected chi connectivity index (χ1v) is 10.6. The van der Waals surface area contributed by atoms with Crippen molar-refractivity contribution in [2.45, 2.75) is 4.90 Å². The van der Waals surface area contributed by atoms with E-state index in [1.54, 1.807) is 49.6 Å². The number of hydrogen-bond donors (Lipinski definition) is 0. The molecule has 0 radical (unpaired) electrons. The molecule has 0 saturated carbocycles. The molecule has 0 atom stereocenters. The number of anilines is 1. The maximum absolute atomic E-state index is 13.6. The van der Waals surface area contributed by atoms with E-state index in [2.05, 4.69) is 0 Å². The highest BCUT2D eigenvalue weighted by atomic mass is 32.2. The molecule has 0 aromatic heterocycles. The first-order chi connectivity index (χ1) is 15.6. The number of imide groups is 1. The molecule has 0 fully saturated rings. The molecule has 0 spiro atoms. The van der Waals surface area contributed by atoms with Crippen molar-refractivity contribution >= 4 is 34.8 Å². The molecule has 3 aromatic rings. The summed E-state index contributed by atoms with van der Waals surface area (Å²) in [6.45, 7) is 0. The van der Waals surface area contributed by atoms with Crippen molar-refractivity contribution in [1.82, 2.24) is 0 Å². The lowest BCUT2D eigenvalue weighted by Gasteiger charge is -2.18. The van der Waals surface area contributed by atoms with E-state index >= 15 is 0 Å². The van der Waals surface area contributed by atoms with E-state index in [0.717, 1.165) is 9.80 Å². The Kier molecular flexibility index (Phi) is 6.18. The van der Waals surface area contributed by atoms with Gasteiger partial charge in [-0.25, -0.2) is 4.90 Å². The minimum atomic E-state index is -0.426. The van der Waals surface area contributed by atoms with Crippen molar-refractivity contribution < 1.29 is 23.8 Å². The number of rotatable bonds is 7. The first-order valence-electron chi connectivity index (χ1n) is 9.80. The molecule has 7 heteroatoms. The Morgan fingerprint density at radius 3 is 2.03 bits per heavy atom. The minimum absolute atomic E-state index is 0.302. The fourth-order valence-electron chi connectivity index (χ4n) is 3.49.